The van der Waals surface area contributed by atoms with Gasteiger partial charge in [-0.25, -0.2) is 0 Å². The lowest BCUT2D eigenvalue weighted by Crippen LogP contribution is -2.42. The average Bonchev–Trinajstić information content (AvgIpc) is 2.62. The molecule has 1 heterocycles. The van der Waals surface area contributed by atoms with Gasteiger partial charge in [0, 0.05) is 30.8 Å². The number of ether oxygens (including phenoxy) is 1. The number of carbonyl (C=O) groups is 3. The molecule has 2 rings (SSSR count). The standard InChI is InChI=1S/C19H26N2O4/c1-3-6-17(22)20-16-10-8-14(9-11-16)18(23)21-12-5-7-15(13-21)19(24)25-4-2/h8-11,15H,3-7,12-13H2,1-2H3,(H,20,22). The maximum Gasteiger partial charge on any atom is 0.310 e. The molecular formula is C19H26N2O4. The third-order valence-electron chi connectivity index (χ3n) is 4.22. The molecule has 1 N–H and O–H groups in total. The summed E-state index contributed by atoms with van der Waals surface area (Å²) in [7, 11) is 0. The molecule has 0 spiro atoms. The van der Waals surface area contributed by atoms with Crippen LogP contribution in [0.25, 0.3) is 0 Å². The Hall–Kier alpha value is -2.37. The van der Waals surface area contributed by atoms with E-state index >= 15 is 0 Å². The van der Waals surface area contributed by atoms with Crippen LogP contribution in [0.15, 0.2) is 24.3 Å². The van der Waals surface area contributed by atoms with Crippen molar-refractivity contribution in [1.82, 2.24) is 4.90 Å². The van der Waals surface area contributed by atoms with Crippen molar-refractivity contribution in [3.05, 3.63) is 29.8 Å². The molecule has 1 aromatic carbocycles. The van der Waals surface area contributed by atoms with Crippen molar-refractivity contribution < 1.29 is 19.1 Å². The van der Waals surface area contributed by atoms with Crippen LogP contribution < -0.4 is 5.32 Å². The Morgan fingerprint density at radius 3 is 2.56 bits per heavy atom. The Morgan fingerprint density at radius 1 is 1.20 bits per heavy atom. The smallest absolute Gasteiger partial charge is 0.310 e. The van der Waals surface area contributed by atoms with Crippen LogP contribution in [0.2, 0.25) is 0 Å². The summed E-state index contributed by atoms with van der Waals surface area (Å²) in [5, 5.41) is 2.80. The van der Waals surface area contributed by atoms with Gasteiger partial charge in [-0.3, -0.25) is 14.4 Å². The Balaban J connectivity index is 1.97. The largest absolute Gasteiger partial charge is 0.466 e. The fourth-order valence-electron chi connectivity index (χ4n) is 2.94. The van der Waals surface area contributed by atoms with Crippen molar-refractivity contribution in [3.63, 3.8) is 0 Å². The minimum atomic E-state index is -0.245. The van der Waals surface area contributed by atoms with E-state index in [9.17, 15) is 14.4 Å². The summed E-state index contributed by atoms with van der Waals surface area (Å²) in [6.07, 6.45) is 2.81. The summed E-state index contributed by atoms with van der Waals surface area (Å²) >= 11 is 0. The minimum Gasteiger partial charge on any atom is -0.466 e. The van der Waals surface area contributed by atoms with Crippen LogP contribution in [0, 0.1) is 5.92 Å². The number of benzene rings is 1. The van der Waals surface area contributed by atoms with Gasteiger partial charge in [0.25, 0.3) is 5.91 Å². The fourth-order valence-corrected chi connectivity index (χ4v) is 2.94. The number of rotatable bonds is 6. The molecule has 1 aromatic rings. The van der Waals surface area contributed by atoms with E-state index in [0.717, 1.165) is 19.3 Å². The van der Waals surface area contributed by atoms with E-state index in [1.165, 1.54) is 0 Å². The number of likely N-dealkylation sites (tertiary alicyclic amines) is 1. The fraction of sp³-hybridized carbons (Fsp3) is 0.526. The Morgan fingerprint density at radius 2 is 1.92 bits per heavy atom. The number of amides is 2. The molecule has 1 saturated heterocycles. The summed E-state index contributed by atoms with van der Waals surface area (Å²) in [5.74, 6) is -0.602. The first-order valence-corrected chi connectivity index (χ1v) is 8.91. The monoisotopic (exact) mass is 346 g/mol. The van der Waals surface area contributed by atoms with Crippen molar-refractivity contribution in [1.29, 1.82) is 0 Å². The van der Waals surface area contributed by atoms with Crippen molar-refractivity contribution in [2.24, 2.45) is 5.92 Å². The molecule has 0 aromatic heterocycles. The normalized spacial score (nSPS) is 17.0. The Labute approximate surface area is 148 Å². The second-order valence-electron chi connectivity index (χ2n) is 6.22. The number of carbonyl (C=O) groups excluding carboxylic acids is 3. The first kappa shape index (κ1) is 19.0. The number of nitrogens with zero attached hydrogens (tertiary/aromatic N) is 1. The summed E-state index contributed by atoms with van der Waals surface area (Å²) < 4.78 is 5.07. The first-order chi connectivity index (χ1) is 12.0. The van der Waals surface area contributed by atoms with Crippen LogP contribution in [0.5, 0.6) is 0 Å². The SMILES string of the molecule is CCCC(=O)Nc1ccc(C(=O)N2CCCC(C(=O)OCC)C2)cc1. The van der Waals surface area contributed by atoms with Crippen LogP contribution in [-0.4, -0.2) is 42.4 Å². The van der Waals surface area contributed by atoms with Crippen LogP contribution in [0.1, 0.15) is 49.9 Å². The maximum absolute atomic E-state index is 12.6. The van der Waals surface area contributed by atoms with E-state index in [4.69, 9.17) is 4.74 Å². The Kier molecular flexibility index (Phi) is 6.98. The predicted molar refractivity (Wildman–Crippen MR) is 95.2 cm³/mol. The van der Waals surface area contributed by atoms with E-state index in [0.29, 0.717) is 37.4 Å². The van der Waals surface area contributed by atoms with Gasteiger partial charge in [0.15, 0.2) is 0 Å². The molecule has 1 atom stereocenters. The van der Waals surface area contributed by atoms with Gasteiger partial charge in [-0.1, -0.05) is 6.92 Å². The highest BCUT2D eigenvalue weighted by molar-refractivity contribution is 5.96. The lowest BCUT2D eigenvalue weighted by Gasteiger charge is -2.31. The second-order valence-corrected chi connectivity index (χ2v) is 6.22. The molecule has 1 aliphatic rings. The number of hydrogen-bond donors (Lipinski definition) is 1. The topological polar surface area (TPSA) is 75.7 Å². The van der Waals surface area contributed by atoms with Gasteiger partial charge in [-0.05, 0) is 50.5 Å². The van der Waals surface area contributed by atoms with E-state index in [1.54, 1.807) is 36.1 Å². The molecule has 6 nitrogen and oxygen atoms in total. The van der Waals surface area contributed by atoms with Gasteiger partial charge in [-0.15, -0.1) is 0 Å². The molecule has 0 bridgehead atoms. The lowest BCUT2D eigenvalue weighted by molar-refractivity contribution is -0.149. The van der Waals surface area contributed by atoms with E-state index in [2.05, 4.69) is 5.32 Å². The van der Waals surface area contributed by atoms with Gasteiger partial charge >= 0.3 is 5.97 Å². The van der Waals surface area contributed by atoms with E-state index in [1.807, 2.05) is 6.92 Å². The predicted octanol–water partition coefficient (Wildman–Crippen LogP) is 2.84. The third kappa shape index (κ3) is 5.31. The molecule has 0 saturated carbocycles. The van der Waals surface area contributed by atoms with Crippen molar-refractivity contribution in [2.45, 2.75) is 39.5 Å². The molecule has 6 heteroatoms. The number of anilines is 1. The van der Waals surface area contributed by atoms with Gasteiger partial charge in [-0.2, -0.15) is 0 Å². The van der Waals surface area contributed by atoms with E-state index < -0.39 is 0 Å². The van der Waals surface area contributed by atoms with Gasteiger partial charge < -0.3 is 15.0 Å². The number of esters is 1. The molecule has 0 radical (unpaired) electrons. The van der Waals surface area contributed by atoms with Gasteiger partial charge in [0.05, 0.1) is 12.5 Å². The van der Waals surface area contributed by atoms with E-state index in [-0.39, 0.29) is 23.7 Å². The molecule has 1 unspecified atom stereocenters. The molecule has 2 amide bonds. The number of piperidine rings is 1. The zero-order chi connectivity index (χ0) is 18.2. The summed E-state index contributed by atoms with van der Waals surface area (Å²) in [5.41, 5.74) is 1.23. The number of nitrogens with one attached hydrogen (secondary N) is 1. The zero-order valence-electron chi connectivity index (χ0n) is 14.9. The summed E-state index contributed by atoms with van der Waals surface area (Å²) in [6, 6.07) is 6.87. The quantitative estimate of drug-likeness (QED) is 0.804. The minimum absolute atomic E-state index is 0.0325. The van der Waals surface area contributed by atoms with Crippen molar-refractivity contribution in [3.8, 4) is 0 Å². The first-order valence-electron chi connectivity index (χ1n) is 8.91. The molecular weight excluding hydrogens is 320 g/mol. The van der Waals surface area contributed by atoms with Gasteiger partial charge in [0.2, 0.25) is 5.91 Å². The summed E-state index contributed by atoms with van der Waals surface area (Å²) in [4.78, 5) is 37.9. The number of hydrogen-bond acceptors (Lipinski definition) is 4. The molecule has 1 fully saturated rings. The molecule has 1 aliphatic heterocycles. The highest BCUT2D eigenvalue weighted by atomic mass is 16.5. The molecule has 0 aliphatic carbocycles. The second kappa shape index (κ2) is 9.20. The van der Waals surface area contributed by atoms with Crippen LogP contribution in [-0.2, 0) is 14.3 Å². The van der Waals surface area contributed by atoms with Crippen molar-refractivity contribution in [2.75, 3.05) is 25.0 Å². The highest BCUT2D eigenvalue weighted by Gasteiger charge is 2.29. The van der Waals surface area contributed by atoms with Crippen LogP contribution >= 0.6 is 0 Å². The lowest BCUT2D eigenvalue weighted by atomic mass is 9.97. The van der Waals surface area contributed by atoms with Gasteiger partial charge in [0.1, 0.15) is 0 Å². The molecule has 25 heavy (non-hydrogen) atoms. The average molecular weight is 346 g/mol. The van der Waals surface area contributed by atoms with Crippen LogP contribution in [0.3, 0.4) is 0 Å². The maximum atomic E-state index is 12.6. The molecule has 136 valence electrons. The van der Waals surface area contributed by atoms with Crippen LogP contribution in [0.4, 0.5) is 5.69 Å². The Bertz CT molecular complexity index is 612. The zero-order valence-corrected chi connectivity index (χ0v) is 14.9. The summed E-state index contributed by atoms with van der Waals surface area (Å²) in [6.45, 7) is 5.12. The third-order valence-corrected chi connectivity index (χ3v) is 4.22. The van der Waals surface area contributed by atoms with Crippen molar-refractivity contribution >= 4 is 23.5 Å². The highest BCUT2D eigenvalue weighted by Crippen LogP contribution is 2.20.